The van der Waals surface area contributed by atoms with Crippen molar-refractivity contribution in [1.82, 2.24) is 14.2 Å². The van der Waals surface area contributed by atoms with Gasteiger partial charge in [0.25, 0.3) is 0 Å². The number of rotatable bonds is 8. The molecule has 21 heavy (non-hydrogen) atoms. The standard InChI is InChI=1S/C15H23N3O2S/c1-4-8-18(11-13-6-7-13)21(19,20)15-9-14(10-16-3)17(5-2)12-15/h1,9,12-13,16H,5-8,10-11H2,2-3H3. The quantitative estimate of drug-likeness (QED) is 0.736. The van der Waals surface area contributed by atoms with E-state index in [-0.39, 0.29) is 6.54 Å². The first-order chi connectivity index (χ1) is 10.0. The molecule has 1 aromatic heterocycles. The molecule has 0 aliphatic heterocycles. The van der Waals surface area contributed by atoms with Gasteiger partial charge in [-0.15, -0.1) is 6.42 Å². The van der Waals surface area contributed by atoms with Crippen LogP contribution in [-0.2, 0) is 23.1 Å². The highest BCUT2D eigenvalue weighted by atomic mass is 32.2. The molecule has 0 amide bonds. The van der Waals surface area contributed by atoms with Crippen molar-refractivity contribution in [3.63, 3.8) is 0 Å². The Kier molecular flexibility index (Phi) is 5.09. The molecule has 0 radical (unpaired) electrons. The molecular formula is C15H23N3O2S. The molecule has 1 saturated carbocycles. The van der Waals surface area contributed by atoms with Crippen LogP contribution in [0.15, 0.2) is 17.2 Å². The second-order valence-electron chi connectivity index (χ2n) is 5.43. The van der Waals surface area contributed by atoms with E-state index in [0.717, 1.165) is 25.1 Å². The Balaban J connectivity index is 2.29. The number of hydrogen-bond acceptors (Lipinski definition) is 3. The number of nitrogens with one attached hydrogen (secondary N) is 1. The van der Waals surface area contributed by atoms with Gasteiger partial charge in [0.2, 0.25) is 10.0 Å². The molecule has 116 valence electrons. The van der Waals surface area contributed by atoms with E-state index in [4.69, 9.17) is 6.42 Å². The van der Waals surface area contributed by atoms with Crippen LogP contribution in [0.2, 0.25) is 0 Å². The Morgan fingerprint density at radius 2 is 2.24 bits per heavy atom. The van der Waals surface area contributed by atoms with Crippen LogP contribution in [0, 0.1) is 18.3 Å². The predicted octanol–water partition coefficient (Wildman–Crippen LogP) is 1.26. The second-order valence-corrected chi connectivity index (χ2v) is 7.37. The van der Waals surface area contributed by atoms with Crippen molar-refractivity contribution in [3.8, 4) is 12.3 Å². The molecule has 1 aromatic rings. The average Bonchev–Trinajstić information content (AvgIpc) is 3.17. The second kappa shape index (κ2) is 6.65. The number of hydrogen-bond donors (Lipinski definition) is 1. The van der Waals surface area contributed by atoms with E-state index >= 15 is 0 Å². The fraction of sp³-hybridized carbons (Fsp3) is 0.600. The zero-order chi connectivity index (χ0) is 15.5. The molecule has 0 spiro atoms. The van der Waals surface area contributed by atoms with Crippen LogP contribution in [0.25, 0.3) is 0 Å². The molecule has 1 heterocycles. The van der Waals surface area contributed by atoms with Gasteiger partial charge in [-0.2, -0.15) is 4.31 Å². The summed E-state index contributed by atoms with van der Waals surface area (Å²) in [5.74, 6) is 2.94. The van der Waals surface area contributed by atoms with Gasteiger partial charge in [0.05, 0.1) is 6.54 Å². The number of nitrogens with zero attached hydrogens (tertiary/aromatic N) is 2. The number of aromatic nitrogens is 1. The van der Waals surface area contributed by atoms with Crippen molar-refractivity contribution in [2.45, 2.75) is 37.8 Å². The third-order valence-electron chi connectivity index (χ3n) is 3.72. The number of aryl methyl sites for hydroxylation is 1. The summed E-state index contributed by atoms with van der Waals surface area (Å²) in [6.07, 6.45) is 9.23. The third-order valence-corrected chi connectivity index (χ3v) is 5.50. The lowest BCUT2D eigenvalue weighted by Gasteiger charge is -2.18. The molecule has 1 aliphatic carbocycles. The number of terminal acetylenes is 1. The van der Waals surface area contributed by atoms with E-state index in [0.29, 0.717) is 23.9 Å². The molecule has 1 fully saturated rings. The van der Waals surface area contributed by atoms with Crippen LogP contribution in [0.4, 0.5) is 0 Å². The minimum atomic E-state index is -3.51. The van der Waals surface area contributed by atoms with Gasteiger partial charge in [-0.3, -0.25) is 0 Å². The fourth-order valence-electron chi connectivity index (χ4n) is 2.38. The van der Waals surface area contributed by atoms with E-state index in [1.165, 1.54) is 4.31 Å². The van der Waals surface area contributed by atoms with Gasteiger partial charge in [0, 0.05) is 31.5 Å². The maximum atomic E-state index is 12.8. The molecule has 2 rings (SSSR count). The first-order valence-electron chi connectivity index (χ1n) is 7.30. The monoisotopic (exact) mass is 309 g/mol. The highest BCUT2D eigenvalue weighted by molar-refractivity contribution is 7.89. The van der Waals surface area contributed by atoms with Gasteiger partial charge in [0.15, 0.2) is 0 Å². The lowest BCUT2D eigenvalue weighted by Crippen LogP contribution is -2.33. The number of sulfonamides is 1. The van der Waals surface area contributed by atoms with Crippen LogP contribution >= 0.6 is 0 Å². The van der Waals surface area contributed by atoms with Gasteiger partial charge >= 0.3 is 0 Å². The molecule has 0 aromatic carbocycles. The molecule has 0 bridgehead atoms. The fourth-order valence-corrected chi connectivity index (χ4v) is 3.87. The van der Waals surface area contributed by atoms with Crippen molar-refractivity contribution in [1.29, 1.82) is 0 Å². The van der Waals surface area contributed by atoms with E-state index in [2.05, 4.69) is 11.2 Å². The highest BCUT2D eigenvalue weighted by Crippen LogP contribution is 2.31. The summed E-state index contributed by atoms with van der Waals surface area (Å²) in [4.78, 5) is 0.338. The summed E-state index contributed by atoms with van der Waals surface area (Å²) < 4.78 is 28.9. The maximum absolute atomic E-state index is 12.8. The van der Waals surface area contributed by atoms with E-state index in [1.54, 1.807) is 12.3 Å². The summed E-state index contributed by atoms with van der Waals surface area (Å²) in [7, 11) is -1.66. The Bertz CT molecular complexity index is 624. The average molecular weight is 309 g/mol. The Hall–Kier alpha value is -1.29. The van der Waals surface area contributed by atoms with Gasteiger partial charge in [-0.05, 0) is 38.8 Å². The third kappa shape index (κ3) is 3.67. The lowest BCUT2D eigenvalue weighted by atomic mass is 10.4. The van der Waals surface area contributed by atoms with E-state index in [1.807, 2.05) is 18.5 Å². The zero-order valence-corrected chi connectivity index (χ0v) is 13.5. The molecule has 0 atom stereocenters. The normalized spacial score (nSPS) is 15.3. The first kappa shape index (κ1) is 16.1. The zero-order valence-electron chi connectivity index (χ0n) is 12.7. The summed E-state index contributed by atoms with van der Waals surface area (Å²) in [6, 6.07) is 1.74. The largest absolute Gasteiger partial charge is 0.349 e. The van der Waals surface area contributed by atoms with Crippen molar-refractivity contribution in [3.05, 3.63) is 18.0 Å². The van der Waals surface area contributed by atoms with E-state index in [9.17, 15) is 8.42 Å². The van der Waals surface area contributed by atoms with Crippen molar-refractivity contribution < 1.29 is 8.42 Å². The van der Waals surface area contributed by atoms with Crippen molar-refractivity contribution >= 4 is 10.0 Å². The Morgan fingerprint density at radius 1 is 1.52 bits per heavy atom. The van der Waals surface area contributed by atoms with Crippen LogP contribution < -0.4 is 5.32 Å². The highest BCUT2D eigenvalue weighted by Gasteiger charge is 2.32. The van der Waals surface area contributed by atoms with Gasteiger partial charge in [-0.25, -0.2) is 8.42 Å². The molecule has 0 saturated heterocycles. The molecule has 1 N–H and O–H groups in total. The van der Waals surface area contributed by atoms with Crippen LogP contribution in [0.3, 0.4) is 0 Å². The summed E-state index contributed by atoms with van der Waals surface area (Å²) in [5, 5.41) is 3.06. The maximum Gasteiger partial charge on any atom is 0.245 e. The molecule has 6 heteroatoms. The summed E-state index contributed by atoms with van der Waals surface area (Å²) in [5.41, 5.74) is 0.964. The van der Waals surface area contributed by atoms with Gasteiger partial charge in [-0.1, -0.05) is 5.92 Å². The van der Waals surface area contributed by atoms with Crippen molar-refractivity contribution in [2.75, 3.05) is 20.1 Å². The Labute approximate surface area is 127 Å². The summed E-state index contributed by atoms with van der Waals surface area (Å²) in [6.45, 7) is 4.05. The van der Waals surface area contributed by atoms with Crippen LogP contribution in [-0.4, -0.2) is 37.4 Å². The Morgan fingerprint density at radius 3 is 2.76 bits per heavy atom. The molecule has 5 nitrogen and oxygen atoms in total. The van der Waals surface area contributed by atoms with Crippen LogP contribution in [0.1, 0.15) is 25.5 Å². The molecule has 1 aliphatic rings. The SMILES string of the molecule is C#CCN(CC1CC1)S(=O)(=O)c1cc(CNC)n(CC)c1. The van der Waals surface area contributed by atoms with Crippen LogP contribution in [0.5, 0.6) is 0 Å². The summed E-state index contributed by atoms with van der Waals surface area (Å²) >= 11 is 0. The minimum absolute atomic E-state index is 0.136. The molecule has 0 unspecified atom stereocenters. The first-order valence-corrected chi connectivity index (χ1v) is 8.74. The smallest absolute Gasteiger partial charge is 0.245 e. The lowest BCUT2D eigenvalue weighted by molar-refractivity contribution is 0.430. The minimum Gasteiger partial charge on any atom is -0.349 e. The topological polar surface area (TPSA) is 54.3 Å². The van der Waals surface area contributed by atoms with E-state index < -0.39 is 10.0 Å². The van der Waals surface area contributed by atoms with Gasteiger partial charge < -0.3 is 9.88 Å². The van der Waals surface area contributed by atoms with Crippen molar-refractivity contribution in [2.24, 2.45) is 5.92 Å². The molecular weight excluding hydrogens is 286 g/mol. The van der Waals surface area contributed by atoms with Gasteiger partial charge in [0.1, 0.15) is 4.90 Å². The predicted molar refractivity (Wildman–Crippen MR) is 83.2 cm³/mol.